The molecule has 19 heavy (non-hydrogen) atoms. The summed E-state index contributed by atoms with van der Waals surface area (Å²) in [5.74, 6) is 0.836. The van der Waals surface area contributed by atoms with Gasteiger partial charge < -0.3 is 5.32 Å². The zero-order valence-electron chi connectivity index (χ0n) is 10.5. The van der Waals surface area contributed by atoms with Crippen LogP contribution in [0.4, 0.5) is 5.69 Å². The predicted octanol–water partition coefficient (Wildman–Crippen LogP) is 1.61. The topological polar surface area (TPSA) is 96.7 Å². The number of hydrogen-bond donors (Lipinski definition) is 2. The third-order valence-electron chi connectivity index (χ3n) is 2.88. The van der Waals surface area contributed by atoms with Gasteiger partial charge in [0.1, 0.15) is 12.2 Å². The van der Waals surface area contributed by atoms with Crippen molar-refractivity contribution in [1.29, 1.82) is 0 Å². The SMILES string of the molecule is CC(NCCc1ncn[nH]1)c1ccc([N+](=O)[O-])cc1. The number of benzene rings is 1. The summed E-state index contributed by atoms with van der Waals surface area (Å²) in [4.78, 5) is 14.2. The van der Waals surface area contributed by atoms with Crippen molar-refractivity contribution in [2.75, 3.05) is 6.54 Å². The molecule has 100 valence electrons. The Hall–Kier alpha value is -2.28. The van der Waals surface area contributed by atoms with Crippen molar-refractivity contribution in [3.05, 3.63) is 52.1 Å². The van der Waals surface area contributed by atoms with Gasteiger partial charge in [-0.05, 0) is 12.5 Å². The molecule has 0 aliphatic carbocycles. The fourth-order valence-corrected chi connectivity index (χ4v) is 1.76. The second-order valence-corrected chi connectivity index (χ2v) is 4.21. The van der Waals surface area contributed by atoms with Gasteiger partial charge in [0.05, 0.1) is 4.92 Å². The molecule has 7 nitrogen and oxygen atoms in total. The number of aromatic nitrogens is 3. The van der Waals surface area contributed by atoms with E-state index < -0.39 is 4.92 Å². The Morgan fingerprint density at radius 2 is 2.16 bits per heavy atom. The first-order chi connectivity index (χ1) is 9.16. The Balaban J connectivity index is 1.85. The third kappa shape index (κ3) is 3.59. The highest BCUT2D eigenvalue weighted by Crippen LogP contribution is 2.17. The summed E-state index contributed by atoms with van der Waals surface area (Å²) in [6.45, 7) is 2.77. The lowest BCUT2D eigenvalue weighted by atomic mass is 10.1. The second-order valence-electron chi connectivity index (χ2n) is 4.21. The number of non-ortho nitro benzene ring substituents is 1. The van der Waals surface area contributed by atoms with E-state index in [0.717, 1.165) is 24.4 Å². The molecule has 0 saturated carbocycles. The molecule has 0 radical (unpaired) electrons. The van der Waals surface area contributed by atoms with Gasteiger partial charge in [0.2, 0.25) is 0 Å². The van der Waals surface area contributed by atoms with Crippen LogP contribution in [-0.4, -0.2) is 26.6 Å². The molecular formula is C12H15N5O2. The largest absolute Gasteiger partial charge is 0.310 e. The fourth-order valence-electron chi connectivity index (χ4n) is 1.76. The van der Waals surface area contributed by atoms with Crippen LogP contribution >= 0.6 is 0 Å². The summed E-state index contributed by atoms with van der Waals surface area (Å²) in [7, 11) is 0. The van der Waals surface area contributed by atoms with Gasteiger partial charge in [0.15, 0.2) is 0 Å². The molecule has 1 atom stereocenters. The van der Waals surface area contributed by atoms with Crippen LogP contribution in [0.3, 0.4) is 0 Å². The summed E-state index contributed by atoms with van der Waals surface area (Å²) < 4.78 is 0. The van der Waals surface area contributed by atoms with Crippen LogP contribution in [-0.2, 0) is 6.42 Å². The van der Waals surface area contributed by atoms with Crippen molar-refractivity contribution in [2.24, 2.45) is 0 Å². The molecule has 2 aromatic rings. The number of H-pyrrole nitrogens is 1. The van der Waals surface area contributed by atoms with Gasteiger partial charge in [-0.15, -0.1) is 0 Å². The second kappa shape index (κ2) is 6.05. The number of nitro groups is 1. The van der Waals surface area contributed by atoms with E-state index >= 15 is 0 Å². The first-order valence-corrected chi connectivity index (χ1v) is 5.99. The normalized spacial score (nSPS) is 12.3. The summed E-state index contributed by atoms with van der Waals surface area (Å²) in [6, 6.07) is 6.70. The minimum Gasteiger partial charge on any atom is -0.310 e. The Labute approximate surface area is 110 Å². The van der Waals surface area contributed by atoms with E-state index in [4.69, 9.17) is 0 Å². The van der Waals surface area contributed by atoms with Crippen LogP contribution in [0, 0.1) is 10.1 Å². The molecular weight excluding hydrogens is 246 g/mol. The minimum absolute atomic E-state index is 0.109. The van der Waals surface area contributed by atoms with E-state index in [1.165, 1.54) is 18.5 Å². The Morgan fingerprint density at radius 1 is 1.42 bits per heavy atom. The van der Waals surface area contributed by atoms with Gasteiger partial charge in [0.25, 0.3) is 5.69 Å². The van der Waals surface area contributed by atoms with E-state index in [-0.39, 0.29) is 11.7 Å². The third-order valence-corrected chi connectivity index (χ3v) is 2.88. The standard InChI is InChI=1S/C12H15N5O2/c1-9(13-7-6-12-14-8-15-16-12)10-2-4-11(5-3-10)17(18)19/h2-5,8-9,13H,6-7H2,1H3,(H,14,15,16). The zero-order valence-corrected chi connectivity index (χ0v) is 10.5. The van der Waals surface area contributed by atoms with Crippen LogP contribution in [0.1, 0.15) is 24.4 Å². The number of nitro benzene ring substituents is 1. The lowest BCUT2D eigenvalue weighted by molar-refractivity contribution is -0.384. The molecule has 1 aromatic carbocycles. The number of hydrogen-bond acceptors (Lipinski definition) is 5. The summed E-state index contributed by atoms with van der Waals surface area (Å²) in [6.07, 6.45) is 2.24. The van der Waals surface area contributed by atoms with Crippen molar-refractivity contribution in [3.63, 3.8) is 0 Å². The van der Waals surface area contributed by atoms with Gasteiger partial charge in [0, 0.05) is 31.1 Å². The minimum atomic E-state index is -0.397. The molecule has 0 aliphatic rings. The van der Waals surface area contributed by atoms with Crippen LogP contribution < -0.4 is 5.32 Å². The number of nitrogens with one attached hydrogen (secondary N) is 2. The summed E-state index contributed by atoms with van der Waals surface area (Å²) in [5, 5.41) is 20.5. The Morgan fingerprint density at radius 3 is 2.74 bits per heavy atom. The van der Waals surface area contributed by atoms with Gasteiger partial charge in [-0.1, -0.05) is 12.1 Å². The highest BCUT2D eigenvalue weighted by molar-refractivity contribution is 5.33. The fraction of sp³-hybridized carbons (Fsp3) is 0.333. The maximum atomic E-state index is 10.6. The first kappa shape index (κ1) is 13.2. The van der Waals surface area contributed by atoms with E-state index in [9.17, 15) is 10.1 Å². The molecule has 0 fully saturated rings. The molecule has 0 aliphatic heterocycles. The van der Waals surface area contributed by atoms with Gasteiger partial charge in [-0.3, -0.25) is 15.2 Å². The van der Waals surface area contributed by atoms with Crippen LogP contribution in [0.2, 0.25) is 0 Å². The van der Waals surface area contributed by atoms with E-state index in [2.05, 4.69) is 20.5 Å². The molecule has 0 spiro atoms. The number of rotatable bonds is 6. The van der Waals surface area contributed by atoms with Gasteiger partial charge in [-0.25, -0.2) is 4.98 Å². The molecule has 0 amide bonds. The smallest absolute Gasteiger partial charge is 0.269 e. The van der Waals surface area contributed by atoms with E-state index in [0.29, 0.717) is 0 Å². The maximum absolute atomic E-state index is 10.6. The zero-order chi connectivity index (χ0) is 13.7. The van der Waals surface area contributed by atoms with Crippen molar-refractivity contribution >= 4 is 5.69 Å². The quantitative estimate of drug-likeness (QED) is 0.608. The number of nitrogens with zero attached hydrogens (tertiary/aromatic N) is 3. The maximum Gasteiger partial charge on any atom is 0.269 e. The van der Waals surface area contributed by atoms with Crippen molar-refractivity contribution < 1.29 is 4.92 Å². The first-order valence-electron chi connectivity index (χ1n) is 5.99. The summed E-state index contributed by atoms with van der Waals surface area (Å²) in [5.41, 5.74) is 1.13. The molecule has 0 saturated heterocycles. The Kier molecular flexibility index (Phi) is 4.19. The lowest BCUT2D eigenvalue weighted by Gasteiger charge is -2.13. The Bertz CT molecular complexity index is 524. The van der Waals surface area contributed by atoms with Crippen LogP contribution in [0.25, 0.3) is 0 Å². The van der Waals surface area contributed by atoms with Crippen molar-refractivity contribution in [3.8, 4) is 0 Å². The lowest BCUT2D eigenvalue weighted by Crippen LogP contribution is -2.21. The number of aromatic amines is 1. The van der Waals surface area contributed by atoms with E-state index in [1.54, 1.807) is 12.1 Å². The van der Waals surface area contributed by atoms with Crippen LogP contribution in [0.5, 0.6) is 0 Å². The average Bonchev–Trinajstić information content (AvgIpc) is 2.92. The van der Waals surface area contributed by atoms with Crippen molar-refractivity contribution in [1.82, 2.24) is 20.5 Å². The average molecular weight is 261 g/mol. The summed E-state index contributed by atoms with van der Waals surface area (Å²) >= 11 is 0. The monoisotopic (exact) mass is 261 g/mol. The van der Waals surface area contributed by atoms with Gasteiger partial charge in [-0.2, -0.15) is 5.10 Å². The molecule has 1 aromatic heterocycles. The molecule has 7 heteroatoms. The molecule has 0 bridgehead atoms. The highest BCUT2D eigenvalue weighted by atomic mass is 16.6. The molecule has 2 rings (SSSR count). The molecule has 2 N–H and O–H groups in total. The molecule has 1 unspecified atom stereocenters. The highest BCUT2D eigenvalue weighted by Gasteiger charge is 2.08. The molecule has 1 heterocycles. The predicted molar refractivity (Wildman–Crippen MR) is 69.6 cm³/mol. The van der Waals surface area contributed by atoms with Crippen molar-refractivity contribution in [2.45, 2.75) is 19.4 Å². The van der Waals surface area contributed by atoms with Crippen LogP contribution in [0.15, 0.2) is 30.6 Å². The van der Waals surface area contributed by atoms with E-state index in [1.807, 2.05) is 6.92 Å². The van der Waals surface area contributed by atoms with Gasteiger partial charge >= 0.3 is 0 Å².